The van der Waals surface area contributed by atoms with Gasteiger partial charge in [-0.3, -0.25) is 20.2 Å². The Hall–Kier alpha value is -4.56. The summed E-state index contributed by atoms with van der Waals surface area (Å²) >= 11 is 11.5. The van der Waals surface area contributed by atoms with Gasteiger partial charge in [-0.1, -0.05) is 23.2 Å². The highest BCUT2D eigenvalue weighted by atomic mass is 35.5. The highest BCUT2D eigenvalue weighted by Gasteiger charge is 2.32. The van der Waals surface area contributed by atoms with Crippen molar-refractivity contribution in [3.05, 3.63) is 126 Å². The number of halogens is 8. The van der Waals surface area contributed by atoms with Crippen molar-refractivity contribution < 1.29 is 45.7 Å². The maximum Gasteiger partial charge on any atom is 0.416 e. The van der Waals surface area contributed by atoms with Crippen LogP contribution in [0.5, 0.6) is 23.0 Å². The summed E-state index contributed by atoms with van der Waals surface area (Å²) in [5.41, 5.74) is -2.02. The van der Waals surface area contributed by atoms with Gasteiger partial charge in [-0.15, -0.1) is 0 Å². The molecule has 0 fully saturated rings. The number of nitro benzene ring substituents is 2. The minimum absolute atomic E-state index is 0.0264. The normalized spacial score (nSPS) is 11.2. The Bertz CT molecular complexity index is 1460. The zero-order valence-corrected chi connectivity index (χ0v) is 22.0. The van der Waals surface area contributed by atoms with Crippen molar-refractivity contribution >= 4 is 34.6 Å². The number of rotatable bonds is 6. The minimum Gasteiger partial charge on any atom is -0.456 e. The first-order valence-corrected chi connectivity index (χ1v) is 11.9. The van der Waals surface area contributed by atoms with Crippen LogP contribution in [0.3, 0.4) is 0 Å². The molecule has 0 N–H and O–H groups in total. The van der Waals surface area contributed by atoms with E-state index in [1.54, 1.807) is 0 Å². The van der Waals surface area contributed by atoms with Crippen LogP contribution in [0.1, 0.15) is 11.1 Å². The molecule has 0 heterocycles. The number of hydrogen-bond acceptors (Lipinski definition) is 6. The molecule has 8 nitrogen and oxygen atoms in total. The van der Waals surface area contributed by atoms with E-state index in [0.717, 1.165) is 36.4 Å². The van der Waals surface area contributed by atoms with Crippen LogP contribution >= 0.6 is 23.2 Å². The van der Waals surface area contributed by atoms with Crippen LogP contribution in [0.15, 0.2) is 84.9 Å². The number of ether oxygens (including phenoxy) is 2. The Labute approximate surface area is 241 Å². The lowest BCUT2D eigenvalue weighted by Gasteiger charge is -2.11. The van der Waals surface area contributed by atoms with Crippen LogP contribution in [0, 0.1) is 20.2 Å². The summed E-state index contributed by atoms with van der Waals surface area (Å²) in [5.74, 6) is 0.501. The van der Waals surface area contributed by atoms with Gasteiger partial charge in [0.05, 0.1) is 31.0 Å². The lowest BCUT2D eigenvalue weighted by molar-refractivity contribution is -0.385. The number of non-ortho nitro benzene ring substituents is 2. The summed E-state index contributed by atoms with van der Waals surface area (Å²) in [5, 5.41) is 20.6. The van der Waals surface area contributed by atoms with Crippen LogP contribution in [-0.4, -0.2) is 9.85 Å². The van der Waals surface area contributed by atoms with Crippen LogP contribution in [0.4, 0.5) is 37.7 Å². The topological polar surface area (TPSA) is 105 Å². The second-order valence-corrected chi connectivity index (χ2v) is 8.81. The summed E-state index contributed by atoms with van der Waals surface area (Å²) in [4.78, 5) is 19.8. The lowest BCUT2D eigenvalue weighted by atomic mass is 10.2. The van der Waals surface area contributed by atoms with Crippen LogP contribution in [0.2, 0.25) is 10.0 Å². The first-order chi connectivity index (χ1) is 19.5. The molecule has 0 amide bonds. The fraction of sp³-hybridized carbons (Fsp3) is 0.0769. The third-order valence-corrected chi connectivity index (χ3v) is 5.66. The number of nitro groups is 2. The summed E-state index contributed by atoms with van der Waals surface area (Å²) in [7, 11) is 0. The van der Waals surface area contributed by atoms with Gasteiger partial charge in [0.15, 0.2) is 0 Å². The van der Waals surface area contributed by atoms with E-state index in [9.17, 15) is 46.6 Å². The molecule has 0 aliphatic carbocycles. The number of nitrogens with zero attached hydrogens (tertiary/aromatic N) is 2. The molecule has 0 saturated heterocycles. The largest absolute Gasteiger partial charge is 0.456 e. The van der Waals surface area contributed by atoms with Crippen molar-refractivity contribution in [2.45, 2.75) is 12.4 Å². The minimum atomic E-state index is -4.49. The molecule has 0 saturated carbocycles. The third-order valence-electron chi connectivity index (χ3n) is 5.07. The predicted octanol–water partition coefficient (Wildman–Crippen LogP) is 10.1. The van der Waals surface area contributed by atoms with Gasteiger partial charge in [-0.25, -0.2) is 0 Å². The molecule has 4 aromatic rings. The smallest absolute Gasteiger partial charge is 0.416 e. The van der Waals surface area contributed by atoms with E-state index in [1.165, 1.54) is 48.5 Å². The molecular formula is C26H14Cl2F6N2O6. The third kappa shape index (κ3) is 8.72. The second kappa shape index (κ2) is 13.0. The average molecular weight is 635 g/mol. The molecule has 0 atom stereocenters. The summed E-state index contributed by atoms with van der Waals surface area (Å²) in [6, 6.07) is 15.5. The van der Waals surface area contributed by atoms with Crippen molar-refractivity contribution in [2.24, 2.45) is 0 Å². The number of benzene rings is 4. The van der Waals surface area contributed by atoms with Crippen molar-refractivity contribution in [3.8, 4) is 23.0 Å². The van der Waals surface area contributed by atoms with Crippen molar-refractivity contribution in [3.63, 3.8) is 0 Å². The fourth-order valence-corrected chi connectivity index (χ4v) is 3.48. The van der Waals surface area contributed by atoms with E-state index in [0.29, 0.717) is 0 Å². The van der Waals surface area contributed by atoms with E-state index in [2.05, 4.69) is 0 Å². The first-order valence-electron chi connectivity index (χ1n) is 11.1. The quantitative estimate of drug-likeness (QED) is 0.119. The monoisotopic (exact) mass is 634 g/mol. The molecule has 0 unspecified atom stereocenters. The standard InChI is InChI=1S/2C13H7ClF3NO3/c2*14-11-7-8(13(15,16)17)1-6-12(11)21-10-4-2-9(3-5-10)18(19)20/h2*1-7H. The first kappa shape index (κ1) is 32.0. The lowest BCUT2D eigenvalue weighted by Crippen LogP contribution is -2.04. The van der Waals surface area contributed by atoms with Gasteiger partial charge in [0.25, 0.3) is 11.4 Å². The van der Waals surface area contributed by atoms with Crippen LogP contribution < -0.4 is 9.47 Å². The highest BCUT2D eigenvalue weighted by Crippen LogP contribution is 2.38. The Kier molecular flexibility index (Phi) is 9.86. The zero-order valence-electron chi connectivity index (χ0n) is 20.5. The molecule has 42 heavy (non-hydrogen) atoms. The molecule has 0 bridgehead atoms. The van der Waals surface area contributed by atoms with Crippen LogP contribution in [0.25, 0.3) is 0 Å². The highest BCUT2D eigenvalue weighted by molar-refractivity contribution is 6.32. The van der Waals surface area contributed by atoms with Gasteiger partial charge >= 0.3 is 12.4 Å². The van der Waals surface area contributed by atoms with E-state index in [-0.39, 0.29) is 44.4 Å². The van der Waals surface area contributed by atoms with Gasteiger partial charge in [0.2, 0.25) is 0 Å². The van der Waals surface area contributed by atoms with E-state index < -0.39 is 33.3 Å². The molecule has 4 aromatic carbocycles. The molecule has 0 aromatic heterocycles. The zero-order chi connectivity index (χ0) is 31.2. The predicted molar refractivity (Wildman–Crippen MR) is 139 cm³/mol. The second-order valence-electron chi connectivity index (χ2n) is 7.99. The summed E-state index contributed by atoms with van der Waals surface area (Å²) in [6.45, 7) is 0. The fourth-order valence-electron chi connectivity index (χ4n) is 3.05. The maximum atomic E-state index is 12.5. The molecule has 16 heteroatoms. The van der Waals surface area contributed by atoms with Gasteiger partial charge < -0.3 is 9.47 Å². The van der Waals surface area contributed by atoms with Gasteiger partial charge in [-0.05, 0) is 60.7 Å². The Morgan fingerprint density at radius 2 is 0.857 bits per heavy atom. The molecule has 220 valence electrons. The molecule has 0 spiro atoms. The molecule has 0 aliphatic heterocycles. The molecular weight excluding hydrogens is 621 g/mol. The summed E-state index contributed by atoms with van der Waals surface area (Å²) < 4.78 is 85.5. The summed E-state index contributed by atoms with van der Waals surface area (Å²) in [6.07, 6.45) is -8.98. The van der Waals surface area contributed by atoms with Gasteiger partial charge in [0.1, 0.15) is 23.0 Å². The van der Waals surface area contributed by atoms with Crippen molar-refractivity contribution in [1.82, 2.24) is 0 Å². The Balaban J connectivity index is 0.000000230. The van der Waals surface area contributed by atoms with E-state index in [4.69, 9.17) is 32.7 Å². The Morgan fingerprint density at radius 1 is 0.548 bits per heavy atom. The SMILES string of the molecule is O=[N+]([O-])c1ccc(Oc2ccc(C(F)(F)F)cc2Cl)cc1.O=[N+]([O-])c1ccc(Oc2ccc(C(F)(F)F)cc2Cl)cc1. The van der Waals surface area contributed by atoms with Gasteiger partial charge in [-0.2, -0.15) is 26.3 Å². The molecule has 4 rings (SSSR count). The van der Waals surface area contributed by atoms with Gasteiger partial charge in [0, 0.05) is 24.3 Å². The number of hydrogen-bond donors (Lipinski definition) is 0. The van der Waals surface area contributed by atoms with Crippen LogP contribution in [-0.2, 0) is 12.4 Å². The van der Waals surface area contributed by atoms with Crippen molar-refractivity contribution in [1.29, 1.82) is 0 Å². The molecule has 0 radical (unpaired) electrons. The van der Waals surface area contributed by atoms with E-state index in [1.807, 2.05) is 0 Å². The van der Waals surface area contributed by atoms with E-state index >= 15 is 0 Å². The molecule has 0 aliphatic rings. The van der Waals surface area contributed by atoms with Crippen molar-refractivity contribution in [2.75, 3.05) is 0 Å². The average Bonchev–Trinajstić information content (AvgIpc) is 2.91. The maximum absolute atomic E-state index is 12.5. The number of alkyl halides is 6. The Morgan fingerprint density at radius 3 is 1.10 bits per heavy atom.